The van der Waals surface area contributed by atoms with Crippen LogP contribution in [0.3, 0.4) is 0 Å². The molecule has 1 aliphatic rings. The van der Waals surface area contributed by atoms with Crippen LogP contribution in [-0.2, 0) is 13.0 Å². The highest BCUT2D eigenvalue weighted by Gasteiger charge is 2.22. The van der Waals surface area contributed by atoms with Gasteiger partial charge in [-0.3, -0.25) is 5.10 Å². The SMILES string of the molecule is Nc1nc(N2CCN(CCCc3cccc(F)c3)c3ccccc3C2)c2cn[nH]c2n1. The van der Waals surface area contributed by atoms with Crippen LogP contribution in [0.1, 0.15) is 17.5 Å². The summed E-state index contributed by atoms with van der Waals surface area (Å²) in [5, 5.41) is 7.86. The van der Waals surface area contributed by atoms with E-state index in [1.165, 1.54) is 17.3 Å². The van der Waals surface area contributed by atoms with Gasteiger partial charge in [0.15, 0.2) is 5.65 Å². The summed E-state index contributed by atoms with van der Waals surface area (Å²) in [5.74, 6) is 0.854. The molecule has 0 atom stereocenters. The molecular weight excluding hydrogens is 393 g/mol. The number of nitrogens with two attached hydrogens (primary N) is 1. The van der Waals surface area contributed by atoms with Crippen LogP contribution in [0.4, 0.5) is 21.8 Å². The zero-order valence-corrected chi connectivity index (χ0v) is 17.1. The standard InChI is InChI=1S/C23H24FN7/c24-18-8-3-5-16(13-18)6-4-10-30-11-12-31(15-17-7-1-2-9-20(17)30)22-19-14-26-29-21(19)27-23(25)28-22/h1-3,5,7-9,13-14H,4,6,10-12,15H2,(H3,25,26,27,28,29). The van der Waals surface area contributed by atoms with Gasteiger partial charge in [0, 0.05) is 31.9 Å². The fourth-order valence-corrected chi connectivity index (χ4v) is 4.26. The van der Waals surface area contributed by atoms with Crippen molar-refractivity contribution < 1.29 is 4.39 Å². The average Bonchev–Trinajstić information content (AvgIpc) is 3.15. The molecule has 4 aromatic rings. The Bertz CT molecular complexity index is 1210. The molecule has 31 heavy (non-hydrogen) atoms. The summed E-state index contributed by atoms with van der Waals surface area (Å²) in [4.78, 5) is 13.4. The van der Waals surface area contributed by atoms with Gasteiger partial charge in [-0.25, -0.2) is 4.39 Å². The number of aromatic nitrogens is 4. The van der Waals surface area contributed by atoms with Gasteiger partial charge in [-0.2, -0.15) is 15.1 Å². The fourth-order valence-electron chi connectivity index (χ4n) is 4.26. The maximum absolute atomic E-state index is 13.5. The van der Waals surface area contributed by atoms with Crippen molar-refractivity contribution in [3.8, 4) is 0 Å². The van der Waals surface area contributed by atoms with Crippen molar-refractivity contribution in [3.05, 3.63) is 71.7 Å². The Hall–Kier alpha value is -3.68. The Morgan fingerprint density at radius 1 is 1.06 bits per heavy atom. The molecule has 0 fully saturated rings. The lowest BCUT2D eigenvalue weighted by Gasteiger charge is -2.25. The lowest BCUT2D eigenvalue weighted by Crippen LogP contribution is -2.32. The quantitative estimate of drug-likeness (QED) is 0.517. The molecule has 2 aromatic heterocycles. The lowest BCUT2D eigenvalue weighted by molar-refractivity contribution is 0.624. The number of nitrogens with zero attached hydrogens (tertiary/aromatic N) is 5. The minimum absolute atomic E-state index is 0.178. The second-order valence-electron chi connectivity index (χ2n) is 7.81. The van der Waals surface area contributed by atoms with E-state index in [0.717, 1.165) is 55.8 Å². The van der Waals surface area contributed by atoms with Gasteiger partial charge in [-0.05, 0) is 42.2 Å². The minimum atomic E-state index is -0.178. The normalized spacial score (nSPS) is 14.0. The first-order valence-corrected chi connectivity index (χ1v) is 10.5. The van der Waals surface area contributed by atoms with Crippen molar-refractivity contribution in [1.29, 1.82) is 0 Å². The van der Waals surface area contributed by atoms with E-state index in [9.17, 15) is 4.39 Å². The molecule has 3 heterocycles. The molecule has 0 aliphatic carbocycles. The average molecular weight is 417 g/mol. The molecule has 5 rings (SSSR count). The van der Waals surface area contributed by atoms with Gasteiger partial charge in [0.25, 0.3) is 0 Å². The van der Waals surface area contributed by atoms with Crippen LogP contribution >= 0.6 is 0 Å². The number of rotatable bonds is 5. The molecule has 2 aromatic carbocycles. The van der Waals surface area contributed by atoms with Crippen molar-refractivity contribution in [1.82, 2.24) is 20.2 Å². The third-order valence-corrected chi connectivity index (χ3v) is 5.72. The second kappa shape index (κ2) is 8.22. The molecule has 8 heteroatoms. The van der Waals surface area contributed by atoms with Crippen LogP contribution in [0, 0.1) is 5.82 Å². The van der Waals surface area contributed by atoms with Crippen LogP contribution in [-0.4, -0.2) is 39.8 Å². The van der Waals surface area contributed by atoms with E-state index in [0.29, 0.717) is 5.65 Å². The van der Waals surface area contributed by atoms with E-state index in [-0.39, 0.29) is 11.8 Å². The second-order valence-corrected chi connectivity index (χ2v) is 7.81. The molecule has 0 saturated carbocycles. The highest BCUT2D eigenvalue weighted by molar-refractivity contribution is 5.87. The molecule has 7 nitrogen and oxygen atoms in total. The van der Waals surface area contributed by atoms with Crippen LogP contribution in [0.15, 0.2) is 54.7 Å². The number of aromatic amines is 1. The summed E-state index contributed by atoms with van der Waals surface area (Å²) in [6, 6.07) is 15.3. The number of nitrogen functional groups attached to an aromatic ring is 1. The molecule has 1 aliphatic heterocycles. The number of anilines is 3. The van der Waals surface area contributed by atoms with E-state index in [1.54, 1.807) is 18.3 Å². The number of aryl methyl sites for hydroxylation is 1. The van der Waals surface area contributed by atoms with Gasteiger partial charge >= 0.3 is 0 Å². The van der Waals surface area contributed by atoms with E-state index >= 15 is 0 Å². The van der Waals surface area contributed by atoms with Crippen molar-refractivity contribution >= 4 is 28.5 Å². The van der Waals surface area contributed by atoms with Crippen molar-refractivity contribution in [2.75, 3.05) is 35.2 Å². The van der Waals surface area contributed by atoms with Gasteiger partial charge in [0.1, 0.15) is 11.6 Å². The number of nitrogens with one attached hydrogen (secondary N) is 1. The maximum atomic E-state index is 13.5. The summed E-state index contributed by atoms with van der Waals surface area (Å²) in [7, 11) is 0. The van der Waals surface area contributed by atoms with Crippen LogP contribution in [0.2, 0.25) is 0 Å². The van der Waals surface area contributed by atoms with Crippen LogP contribution in [0.5, 0.6) is 0 Å². The monoisotopic (exact) mass is 417 g/mol. The predicted molar refractivity (Wildman–Crippen MR) is 121 cm³/mol. The van der Waals surface area contributed by atoms with Crippen molar-refractivity contribution in [2.45, 2.75) is 19.4 Å². The van der Waals surface area contributed by atoms with E-state index in [2.05, 4.69) is 54.2 Å². The van der Waals surface area contributed by atoms with E-state index in [1.807, 2.05) is 6.07 Å². The number of benzene rings is 2. The zero-order chi connectivity index (χ0) is 21.2. The van der Waals surface area contributed by atoms with Crippen LogP contribution < -0.4 is 15.5 Å². The van der Waals surface area contributed by atoms with E-state index < -0.39 is 0 Å². The number of H-pyrrole nitrogens is 1. The Balaban J connectivity index is 1.37. The maximum Gasteiger partial charge on any atom is 0.224 e. The number of fused-ring (bicyclic) bond motifs is 2. The van der Waals surface area contributed by atoms with Gasteiger partial charge in [-0.1, -0.05) is 30.3 Å². The third-order valence-electron chi connectivity index (χ3n) is 5.72. The first kappa shape index (κ1) is 19.3. The fraction of sp³-hybridized carbons (Fsp3) is 0.261. The molecule has 0 saturated heterocycles. The highest BCUT2D eigenvalue weighted by Crippen LogP contribution is 2.30. The summed E-state index contributed by atoms with van der Waals surface area (Å²) in [6.07, 6.45) is 3.54. The Kier molecular flexibility index (Phi) is 5.11. The zero-order valence-electron chi connectivity index (χ0n) is 17.1. The molecule has 0 bridgehead atoms. The number of hydrogen-bond acceptors (Lipinski definition) is 6. The highest BCUT2D eigenvalue weighted by atomic mass is 19.1. The Labute approximate surface area is 179 Å². The van der Waals surface area contributed by atoms with Gasteiger partial charge in [0.05, 0.1) is 11.6 Å². The topological polar surface area (TPSA) is 87.0 Å². The summed E-state index contributed by atoms with van der Waals surface area (Å²) >= 11 is 0. The smallest absolute Gasteiger partial charge is 0.224 e. The molecule has 0 amide bonds. The number of para-hydroxylation sites is 1. The van der Waals surface area contributed by atoms with Gasteiger partial charge in [-0.15, -0.1) is 0 Å². The predicted octanol–water partition coefficient (Wildman–Crippen LogP) is 3.53. The van der Waals surface area contributed by atoms with Gasteiger partial charge in [0.2, 0.25) is 5.95 Å². The molecule has 158 valence electrons. The first-order valence-electron chi connectivity index (χ1n) is 10.5. The Morgan fingerprint density at radius 2 is 1.97 bits per heavy atom. The molecule has 3 N–H and O–H groups in total. The van der Waals surface area contributed by atoms with Gasteiger partial charge < -0.3 is 15.5 Å². The summed E-state index contributed by atoms with van der Waals surface area (Å²) < 4.78 is 13.5. The van der Waals surface area contributed by atoms with Crippen molar-refractivity contribution in [2.24, 2.45) is 0 Å². The third kappa shape index (κ3) is 4.01. The van der Waals surface area contributed by atoms with E-state index in [4.69, 9.17) is 5.73 Å². The first-order chi connectivity index (χ1) is 15.2. The Morgan fingerprint density at radius 3 is 2.87 bits per heavy atom. The summed E-state index contributed by atoms with van der Waals surface area (Å²) in [6.45, 7) is 3.27. The molecule has 0 radical (unpaired) electrons. The lowest BCUT2D eigenvalue weighted by atomic mass is 10.1. The number of halogens is 1. The molecule has 0 unspecified atom stereocenters. The molecular formula is C23H24FN7. The van der Waals surface area contributed by atoms with Crippen molar-refractivity contribution in [3.63, 3.8) is 0 Å². The largest absolute Gasteiger partial charge is 0.369 e. The summed E-state index contributed by atoms with van der Waals surface area (Å²) in [5.41, 5.74) is 10.1. The number of hydrogen-bond donors (Lipinski definition) is 2. The minimum Gasteiger partial charge on any atom is -0.369 e. The molecule has 0 spiro atoms. The van der Waals surface area contributed by atoms with Crippen LogP contribution in [0.25, 0.3) is 11.0 Å².